The highest BCUT2D eigenvalue weighted by molar-refractivity contribution is 7.99. The van der Waals surface area contributed by atoms with E-state index in [1.807, 2.05) is 30.8 Å². The van der Waals surface area contributed by atoms with Crippen LogP contribution in [0.2, 0.25) is 0 Å². The largest absolute Gasteiger partial charge is 0.377 e. The Hall–Kier alpha value is -0.730. The van der Waals surface area contributed by atoms with Crippen molar-refractivity contribution in [3.63, 3.8) is 0 Å². The Morgan fingerprint density at radius 3 is 3.20 bits per heavy atom. The molecule has 0 bridgehead atoms. The first-order valence-electron chi connectivity index (χ1n) is 5.32. The van der Waals surface area contributed by atoms with E-state index >= 15 is 0 Å². The van der Waals surface area contributed by atoms with Crippen LogP contribution < -0.4 is 0 Å². The van der Waals surface area contributed by atoms with Crippen molar-refractivity contribution in [3.05, 3.63) is 42.0 Å². The van der Waals surface area contributed by atoms with E-state index < -0.39 is 0 Å². The molecule has 1 aromatic carbocycles. The zero-order valence-corrected chi connectivity index (χ0v) is 9.80. The van der Waals surface area contributed by atoms with E-state index in [4.69, 9.17) is 4.74 Å². The van der Waals surface area contributed by atoms with Gasteiger partial charge in [0.15, 0.2) is 0 Å². The molecule has 0 N–H and O–H groups in total. The zero-order valence-electron chi connectivity index (χ0n) is 8.98. The fraction of sp³-hybridized carbons (Fsp3) is 0.385. The van der Waals surface area contributed by atoms with Gasteiger partial charge >= 0.3 is 0 Å². The van der Waals surface area contributed by atoms with Crippen LogP contribution in [0.1, 0.15) is 18.4 Å². The number of rotatable bonds is 4. The third-order valence-corrected chi connectivity index (χ3v) is 3.82. The Morgan fingerprint density at radius 2 is 2.33 bits per heavy atom. The van der Waals surface area contributed by atoms with Crippen molar-refractivity contribution in [1.82, 2.24) is 0 Å². The molecule has 2 rings (SSSR count). The van der Waals surface area contributed by atoms with Crippen LogP contribution in [0.3, 0.4) is 0 Å². The summed E-state index contributed by atoms with van der Waals surface area (Å²) in [4.78, 5) is 1.43. The van der Waals surface area contributed by atoms with Crippen molar-refractivity contribution in [1.29, 1.82) is 0 Å². The molecule has 0 radical (unpaired) electrons. The molecule has 0 spiro atoms. The van der Waals surface area contributed by atoms with Gasteiger partial charge in [0.1, 0.15) is 0 Å². The fourth-order valence-electron chi connectivity index (χ4n) is 1.74. The fourth-order valence-corrected chi connectivity index (χ4v) is 2.97. The van der Waals surface area contributed by atoms with Crippen LogP contribution in [0.15, 0.2) is 41.3 Å². The van der Waals surface area contributed by atoms with Crippen molar-refractivity contribution in [2.75, 3.05) is 19.0 Å². The minimum atomic E-state index is 0.580. The molecule has 0 saturated heterocycles. The molecule has 0 aromatic heterocycles. The second-order valence-corrected chi connectivity index (χ2v) is 4.71. The van der Waals surface area contributed by atoms with Gasteiger partial charge in [0.25, 0.3) is 0 Å². The second-order valence-electron chi connectivity index (χ2n) is 3.65. The zero-order chi connectivity index (χ0) is 10.5. The molecule has 1 heterocycles. The van der Waals surface area contributed by atoms with Crippen LogP contribution >= 0.6 is 11.8 Å². The van der Waals surface area contributed by atoms with E-state index in [0.29, 0.717) is 5.92 Å². The van der Waals surface area contributed by atoms with Gasteiger partial charge in [-0.15, -0.1) is 11.8 Å². The van der Waals surface area contributed by atoms with Crippen molar-refractivity contribution in [3.8, 4) is 0 Å². The van der Waals surface area contributed by atoms with Gasteiger partial charge in [-0.2, -0.15) is 0 Å². The Kier molecular flexibility index (Phi) is 3.87. The van der Waals surface area contributed by atoms with Gasteiger partial charge in [0.05, 0.1) is 13.2 Å². The van der Waals surface area contributed by atoms with Crippen LogP contribution in [-0.2, 0) is 4.74 Å². The standard InChI is InChI=1S/C13H16OS/c1-2-3-8-14-9-11-10-15-13-7-5-4-6-12(11)13/h2-7,11H,8-10H2,1H3. The maximum atomic E-state index is 5.61. The summed E-state index contributed by atoms with van der Waals surface area (Å²) in [5.74, 6) is 1.74. The minimum Gasteiger partial charge on any atom is -0.377 e. The first kappa shape index (κ1) is 10.8. The quantitative estimate of drug-likeness (QED) is 0.567. The number of hydrogen-bond acceptors (Lipinski definition) is 2. The molecule has 0 fully saturated rings. The Balaban J connectivity index is 1.90. The third-order valence-electron chi connectivity index (χ3n) is 2.57. The molecule has 15 heavy (non-hydrogen) atoms. The lowest BCUT2D eigenvalue weighted by Crippen LogP contribution is -2.07. The highest BCUT2D eigenvalue weighted by Gasteiger charge is 2.22. The van der Waals surface area contributed by atoms with Crippen molar-refractivity contribution >= 4 is 11.8 Å². The Labute approximate surface area is 95.5 Å². The van der Waals surface area contributed by atoms with Crippen LogP contribution in [0.5, 0.6) is 0 Å². The van der Waals surface area contributed by atoms with Gasteiger partial charge in [-0.1, -0.05) is 30.4 Å². The lowest BCUT2D eigenvalue weighted by Gasteiger charge is -2.09. The van der Waals surface area contributed by atoms with Gasteiger partial charge < -0.3 is 4.74 Å². The number of hydrogen-bond donors (Lipinski definition) is 0. The summed E-state index contributed by atoms with van der Waals surface area (Å²) in [7, 11) is 0. The summed E-state index contributed by atoms with van der Waals surface area (Å²) in [5, 5.41) is 0. The van der Waals surface area contributed by atoms with E-state index in [1.165, 1.54) is 10.5 Å². The maximum Gasteiger partial charge on any atom is 0.0647 e. The number of ether oxygens (including phenoxy) is 1. The number of fused-ring (bicyclic) bond motifs is 1. The Morgan fingerprint density at radius 1 is 1.47 bits per heavy atom. The second kappa shape index (κ2) is 5.38. The van der Waals surface area contributed by atoms with Crippen molar-refractivity contribution in [2.45, 2.75) is 17.7 Å². The minimum absolute atomic E-state index is 0.580. The van der Waals surface area contributed by atoms with E-state index in [1.54, 1.807) is 0 Å². The molecule has 1 unspecified atom stereocenters. The molecule has 0 saturated carbocycles. The molecule has 80 valence electrons. The molecule has 1 atom stereocenters. The highest BCUT2D eigenvalue weighted by Crippen LogP contribution is 2.39. The normalized spacial score (nSPS) is 19.7. The molecule has 1 nitrogen and oxygen atoms in total. The molecule has 2 heteroatoms. The van der Waals surface area contributed by atoms with Gasteiger partial charge in [-0.25, -0.2) is 0 Å². The van der Waals surface area contributed by atoms with Crippen molar-refractivity contribution in [2.24, 2.45) is 0 Å². The van der Waals surface area contributed by atoms with E-state index in [-0.39, 0.29) is 0 Å². The molecule has 0 amide bonds. The molecule has 1 aromatic rings. The molecular weight excluding hydrogens is 204 g/mol. The molecule has 1 aliphatic rings. The van der Waals surface area contributed by atoms with Crippen LogP contribution in [0.25, 0.3) is 0 Å². The third kappa shape index (κ3) is 2.64. The molecule has 1 aliphatic heterocycles. The molecule has 0 aliphatic carbocycles. The van der Waals surface area contributed by atoms with Gasteiger partial charge in [-0.05, 0) is 18.6 Å². The number of allylic oxidation sites excluding steroid dienone is 1. The smallest absolute Gasteiger partial charge is 0.0647 e. The van der Waals surface area contributed by atoms with Gasteiger partial charge in [0.2, 0.25) is 0 Å². The van der Waals surface area contributed by atoms with Crippen molar-refractivity contribution < 1.29 is 4.74 Å². The predicted molar refractivity (Wildman–Crippen MR) is 65.5 cm³/mol. The summed E-state index contributed by atoms with van der Waals surface area (Å²) in [6.07, 6.45) is 4.07. The van der Waals surface area contributed by atoms with E-state index in [0.717, 1.165) is 19.0 Å². The summed E-state index contributed by atoms with van der Waals surface area (Å²) >= 11 is 1.94. The highest BCUT2D eigenvalue weighted by atomic mass is 32.2. The van der Waals surface area contributed by atoms with Gasteiger partial charge in [-0.3, -0.25) is 0 Å². The van der Waals surface area contributed by atoms with E-state index in [9.17, 15) is 0 Å². The lowest BCUT2D eigenvalue weighted by molar-refractivity contribution is 0.151. The first-order valence-corrected chi connectivity index (χ1v) is 6.31. The number of benzene rings is 1. The van der Waals surface area contributed by atoms with Crippen LogP contribution in [-0.4, -0.2) is 19.0 Å². The molecular formula is C13H16OS. The topological polar surface area (TPSA) is 9.23 Å². The lowest BCUT2D eigenvalue weighted by atomic mass is 10.0. The monoisotopic (exact) mass is 220 g/mol. The number of thioether (sulfide) groups is 1. The Bertz CT molecular complexity index is 346. The van der Waals surface area contributed by atoms with Crippen LogP contribution in [0.4, 0.5) is 0 Å². The first-order chi connectivity index (χ1) is 7.42. The van der Waals surface area contributed by atoms with Gasteiger partial charge in [0, 0.05) is 16.6 Å². The summed E-state index contributed by atoms with van der Waals surface area (Å²) in [5.41, 5.74) is 1.46. The predicted octanol–water partition coefficient (Wildman–Crippen LogP) is 3.47. The average Bonchev–Trinajstić information content (AvgIpc) is 2.68. The van der Waals surface area contributed by atoms with Crippen LogP contribution in [0, 0.1) is 0 Å². The summed E-state index contributed by atoms with van der Waals surface area (Å²) in [6.45, 7) is 3.60. The van der Waals surface area contributed by atoms with E-state index in [2.05, 4.69) is 24.3 Å². The summed E-state index contributed by atoms with van der Waals surface area (Å²) in [6, 6.07) is 8.64. The maximum absolute atomic E-state index is 5.61. The average molecular weight is 220 g/mol. The SMILES string of the molecule is CC=CCOCC1CSc2ccccc21. The summed E-state index contributed by atoms with van der Waals surface area (Å²) < 4.78 is 5.61.